The van der Waals surface area contributed by atoms with E-state index in [0.29, 0.717) is 5.02 Å². The first kappa shape index (κ1) is 6.84. The van der Waals surface area contributed by atoms with E-state index in [0.717, 1.165) is 0 Å². The molecule has 0 amide bonds. The molecule has 0 aliphatic heterocycles. The van der Waals surface area contributed by atoms with Gasteiger partial charge in [-0.3, -0.25) is 0 Å². The fourth-order valence-corrected chi connectivity index (χ4v) is 0.819. The second-order valence-electron chi connectivity index (χ2n) is 1.48. The van der Waals surface area contributed by atoms with Gasteiger partial charge in [-0.05, 0) is 12.1 Å². The van der Waals surface area contributed by atoms with Gasteiger partial charge in [0.25, 0.3) is 0 Å². The van der Waals surface area contributed by atoms with E-state index in [1.54, 1.807) is 0 Å². The molecule has 1 rings (SSSR count). The maximum absolute atomic E-state index is 12.3. The van der Waals surface area contributed by atoms with E-state index in [1.165, 1.54) is 12.1 Å². The Bertz CT molecular complexity index is 222. The maximum Gasteiger partial charge on any atom is 0.149 e. The van der Waals surface area contributed by atoms with Crippen molar-refractivity contribution < 1.29 is 4.39 Å². The average Bonchev–Trinajstić information content (AvgIpc) is 1.80. The summed E-state index contributed by atoms with van der Waals surface area (Å²) in [4.78, 5) is 0. The predicted octanol–water partition coefficient (Wildman–Crippen LogP) is 2.93. The minimum absolute atomic E-state index is 0.00231. The van der Waals surface area contributed by atoms with Gasteiger partial charge in [0, 0.05) is 11.1 Å². The zero-order valence-corrected chi connectivity index (χ0v) is 5.80. The molecule has 0 unspecified atom stereocenters. The molecule has 0 N–H and O–H groups in total. The van der Waals surface area contributed by atoms with Crippen LogP contribution in [-0.4, -0.2) is 0 Å². The summed E-state index contributed by atoms with van der Waals surface area (Å²) in [6.07, 6.45) is 0. The highest BCUT2D eigenvalue weighted by atomic mass is 35.5. The van der Waals surface area contributed by atoms with Crippen LogP contribution in [0.5, 0.6) is 0 Å². The van der Waals surface area contributed by atoms with Crippen LogP contribution in [0.2, 0.25) is 10.0 Å². The second kappa shape index (κ2) is 2.54. The number of hydrogen-bond acceptors (Lipinski definition) is 0. The summed E-state index contributed by atoms with van der Waals surface area (Å²) in [6.45, 7) is 0. The lowest BCUT2D eigenvalue weighted by Gasteiger charge is -1.90. The lowest BCUT2D eigenvalue weighted by Crippen LogP contribution is -1.74. The normalized spacial score (nSPS) is 9.67. The summed E-state index contributed by atoms with van der Waals surface area (Å²) in [6, 6.07) is 4.89. The van der Waals surface area contributed by atoms with Crippen LogP contribution in [-0.2, 0) is 0 Å². The predicted molar refractivity (Wildman–Crippen MR) is 35.3 cm³/mol. The average molecular weight is 164 g/mol. The van der Waals surface area contributed by atoms with Gasteiger partial charge in [-0.1, -0.05) is 23.2 Å². The third kappa shape index (κ3) is 1.57. The minimum atomic E-state index is -0.568. The molecule has 1 aromatic carbocycles. The molecular formula is C6H2Cl2F. The molecule has 1 radical (unpaired) electrons. The Morgan fingerprint density at radius 1 is 1.44 bits per heavy atom. The van der Waals surface area contributed by atoms with Gasteiger partial charge in [-0.2, -0.15) is 0 Å². The topological polar surface area (TPSA) is 0 Å². The van der Waals surface area contributed by atoms with Crippen molar-refractivity contribution in [2.24, 2.45) is 0 Å². The minimum Gasteiger partial charge on any atom is -0.205 e. The lowest BCUT2D eigenvalue weighted by molar-refractivity contribution is 0.626. The molecule has 0 nitrogen and oxygen atoms in total. The van der Waals surface area contributed by atoms with Crippen LogP contribution in [0.15, 0.2) is 12.1 Å². The SMILES string of the molecule is Fc1[c]cc(Cl)cc1Cl. The Labute approximate surface area is 62.2 Å². The fourth-order valence-electron chi connectivity index (χ4n) is 0.427. The summed E-state index contributed by atoms with van der Waals surface area (Å²) in [5, 5.41) is 0.393. The molecule has 0 heterocycles. The third-order valence-corrected chi connectivity index (χ3v) is 1.30. The molecule has 3 heteroatoms. The van der Waals surface area contributed by atoms with Crippen LogP contribution in [0.25, 0.3) is 0 Å². The first-order valence-electron chi connectivity index (χ1n) is 2.22. The smallest absolute Gasteiger partial charge is 0.149 e. The molecule has 0 aliphatic rings. The van der Waals surface area contributed by atoms with Crippen LogP contribution in [0, 0.1) is 11.9 Å². The van der Waals surface area contributed by atoms with Gasteiger partial charge < -0.3 is 0 Å². The summed E-state index contributed by atoms with van der Waals surface area (Å²) >= 11 is 10.8. The number of halogens is 3. The molecular weight excluding hydrogens is 162 g/mol. The van der Waals surface area contributed by atoms with E-state index in [2.05, 4.69) is 6.07 Å². The maximum atomic E-state index is 12.3. The van der Waals surface area contributed by atoms with Crippen molar-refractivity contribution in [1.82, 2.24) is 0 Å². The molecule has 0 spiro atoms. The molecule has 0 saturated heterocycles. The Balaban J connectivity index is 3.17. The Kier molecular flexibility index (Phi) is 1.94. The van der Waals surface area contributed by atoms with Gasteiger partial charge >= 0.3 is 0 Å². The van der Waals surface area contributed by atoms with Crippen molar-refractivity contribution in [3.63, 3.8) is 0 Å². The number of rotatable bonds is 0. The standard InChI is InChI=1S/C6H2Cl2F/c7-4-1-2-6(9)5(8)3-4/h1,3H. The second-order valence-corrected chi connectivity index (χ2v) is 2.32. The highest BCUT2D eigenvalue weighted by Crippen LogP contribution is 2.18. The Morgan fingerprint density at radius 2 is 2.11 bits per heavy atom. The summed E-state index contributed by atoms with van der Waals surface area (Å²) < 4.78 is 12.3. The van der Waals surface area contributed by atoms with Crippen LogP contribution in [0.3, 0.4) is 0 Å². The van der Waals surface area contributed by atoms with E-state index in [-0.39, 0.29) is 5.02 Å². The zero-order valence-electron chi connectivity index (χ0n) is 4.29. The van der Waals surface area contributed by atoms with Gasteiger partial charge in [0.2, 0.25) is 0 Å². The van der Waals surface area contributed by atoms with Gasteiger partial charge in [-0.15, -0.1) is 0 Å². The van der Waals surface area contributed by atoms with Gasteiger partial charge in [0.1, 0.15) is 5.82 Å². The van der Waals surface area contributed by atoms with Crippen molar-refractivity contribution in [2.45, 2.75) is 0 Å². The van der Waals surface area contributed by atoms with E-state index < -0.39 is 5.82 Å². The van der Waals surface area contributed by atoms with E-state index >= 15 is 0 Å². The lowest BCUT2D eigenvalue weighted by atomic mass is 10.3. The van der Waals surface area contributed by atoms with Crippen molar-refractivity contribution in [3.8, 4) is 0 Å². The van der Waals surface area contributed by atoms with Crippen molar-refractivity contribution in [2.75, 3.05) is 0 Å². The van der Waals surface area contributed by atoms with Gasteiger partial charge in [0.05, 0.1) is 5.02 Å². The Hall–Kier alpha value is -0.270. The van der Waals surface area contributed by atoms with Gasteiger partial charge in [0.15, 0.2) is 0 Å². The monoisotopic (exact) mass is 163 g/mol. The molecule has 0 aromatic heterocycles. The van der Waals surface area contributed by atoms with Gasteiger partial charge in [-0.25, -0.2) is 4.39 Å². The first-order valence-corrected chi connectivity index (χ1v) is 2.98. The molecule has 9 heavy (non-hydrogen) atoms. The molecule has 0 fully saturated rings. The highest BCUT2D eigenvalue weighted by Gasteiger charge is 1.97. The van der Waals surface area contributed by atoms with E-state index in [4.69, 9.17) is 23.2 Å². The van der Waals surface area contributed by atoms with E-state index in [1.807, 2.05) is 0 Å². The molecule has 47 valence electrons. The van der Waals surface area contributed by atoms with E-state index in [9.17, 15) is 4.39 Å². The van der Waals surface area contributed by atoms with Crippen LogP contribution in [0.4, 0.5) is 4.39 Å². The largest absolute Gasteiger partial charge is 0.205 e. The summed E-state index contributed by atoms with van der Waals surface area (Å²) in [5.74, 6) is -0.568. The first-order chi connectivity index (χ1) is 4.20. The molecule has 0 saturated carbocycles. The van der Waals surface area contributed by atoms with Crippen LogP contribution < -0.4 is 0 Å². The molecule has 0 aliphatic carbocycles. The quantitative estimate of drug-likeness (QED) is 0.517. The van der Waals surface area contributed by atoms with Crippen LogP contribution in [0.1, 0.15) is 0 Å². The Morgan fingerprint density at radius 3 is 2.56 bits per heavy atom. The summed E-state index contributed by atoms with van der Waals surface area (Å²) in [7, 11) is 0. The molecule has 0 atom stereocenters. The third-order valence-electron chi connectivity index (χ3n) is 0.811. The van der Waals surface area contributed by atoms with Crippen LogP contribution >= 0.6 is 23.2 Å². The fraction of sp³-hybridized carbons (Fsp3) is 0. The van der Waals surface area contributed by atoms with Crippen molar-refractivity contribution in [3.05, 3.63) is 34.1 Å². The van der Waals surface area contributed by atoms with Crippen molar-refractivity contribution in [1.29, 1.82) is 0 Å². The number of hydrogen-bond donors (Lipinski definition) is 0. The highest BCUT2D eigenvalue weighted by molar-refractivity contribution is 6.34. The van der Waals surface area contributed by atoms with Crippen molar-refractivity contribution >= 4 is 23.2 Å². The molecule has 0 bridgehead atoms. The number of benzene rings is 1. The molecule has 1 aromatic rings. The summed E-state index contributed by atoms with van der Waals surface area (Å²) in [5.41, 5.74) is 0. The zero-order chi connectivity index (χ0) is 6.85.